The Hall–Kier alpha value is -2.77. The summed E-state index contributed by atoms with van der Waals surface area (Å²) in [5.41, 5.74) is 2.54. The maximum atomic E-state index is 12.3. The van der Waals surface area contributed by atoms with E-state index in [-0.39, 0.29) is 11.6 Å². The van der Waals surface area contributed by atoms with Gasteiger partial charge >= 0.3 is 6.61 Å². The second-order valence-corrected chi connectivity index (χ2v) is 5.31. The first-order valence-corrected chi connectivity index (χ1v) is 7.40. The number of rotatable bonds is 6. The summed E-state index contributed by atoms with van der Waals surface area (Å²) < 4.78 is 36.4. The highest BCUT2D eigenvalue weighted by atomic mass is 19.3. The van der Waals surface area contributed by atoms with Gasteiger partial charge in [0, 0.05) is 24.2 Å². The second-order valence-electron chi connectivity index (χ2n) is 5.31. The minimum atomic E-state index is -2.88. The van der Waals surface area contributed by atoms with Gasteiger partial charge in [0.15, 0.2) is 0 Å². The van der Waals surface area contributed by atoms with Gasteiger partial charge in [-0.2, -0.15) is 13.9 Å². The molecular weight excluding hydrogens is 318 g/mol. The summed E-state index contributed by atoms with van der Waals surface area (Å²) in [6, 6.07) is 8.15. The summed E-state index contributed by atoms with van der Waals surface area (Å²) in [7, 11) is 0. The summed E-state index contributed by atoms with van der Waals surface area (Å²) in [6.45, 7) is 1.66. The summed E-state index contributed by atoms with van der Waals surface area (Å²) in [5, 5.41) is 12.3. The van der Waals surface area contributed by atoms with E-state index in [2.05, 4.69) is 20.0 Å². The molecule has 0 aliphatic carbocycles. The molecule has 0 bridgehead atoms. The number of benzene rings is 1. The fourth-order valence-corrected chi connectivity index (χ4v) is 2.38. The van der Waals surface area contributed by atoms with E-state index >= 15 is 0 Å². The number of ether oxygens (including phenoxy) is 1. The Morgan fingerprint density at radius 3 is 2.75 bits per heavy atom. The van der Waals surface area contributed by atoms with E-state index in [1.54, 1.807) is 12.1 Å². The van der Waals surface area contributed by atoms with E-state index in [0.717, 1.165) is 11.4 Å². The van der Waals surface area contributed by atoms with Crippen LogP contribution in [-0.4, -0.2) is 26.6 Å². The Labute approximate surface area is 137 Å². The van der Waals surface area contributed by atoms with Gasteiger partial charge in [-0.15, -0.1) is 10.2 Å². The molecule has 0 amide bonds. The van der Waals surface area contributed by atoms with Crippen LogP contribution in [0.3, 0.4) is 0 Å². The first kappa shape index (κ1) is 16.1. The third-order valence-electron chi connectivity index (χ3n) is 3.41. The van der Waals surface area contributed by atoms with Crippen LogP contribution in [0.2, 0.25) is 0 Å². The van der Waals surface area contributed by atoms with E-state index in [4.69, 9.17) is 4.42 Å². The molecule has 0 N–H and O–H groups in total. The molecule has 0 atom stereocenters. The zero-order valence-corrected chi connectivity index (χ0v) is 13.2. The van der Waals surface area contributed by atoms with Crippen LogP contribution in [0.25, 0.3) is 11.5 Å². The number of hydrogen-bond donors (Lipinski definition) is 0. The molecule has 6 nitrogen and oxygen atoms in total. The van der Waals surface area contributed by atoms with Crippen LogP contribution in [0.1, 0.15) is 17.3 Å². The lowest BCUT2D eigenvalue weighted by Gasteiger charge is -2.04. The largest absolute Gasteiger partial charge is 0.435 e. The van der Waals surface area contributed by atoms with Crippen molar-refractivity contribution >= 4 is 0 Å². The monoisotopic (exact) mass is 334 g/mol. The van der Waals surface area contributed by atoms with Crippen LogP contribution in [0, 0.1) is 13.8 Å². The quantitative estimate of drug-likeness (QED) is 0.691. The van der Waals surface area contributed by atoms with Crippen LogP contribution in [0.4, 0.5) is 8.78 Å². The van der Waals surface area contributed by atoms with Crippen LogP contribution >= 0.6 is 0 Å². The van der Waals surface area contributed by atoms with Gasteiger partial charge in [0.05, 0.1) is 5.69 Å². The van der Waals surface area contributed by atoms with Gasteiger partial charge in [-0.1, -0.05) is 6.07 Å². The van der Waals surface area contributed by atoms with Crippen LogP contribution in [0.15, 0.2) is 34.7 Å². The molecule has 24 heavy (non-hydrogen) atoms. The van der Waals surface area contributed by atoms with E-state index in [9.17, 15) is 8.78 Å². The Morgan fingerprint density at radius 2 is 2.04 bits per heavy atom. The van der Waals surface area contributed by atoms with Gasteiger partial charge in [-0.25, -0.2) is 0 Å². The van der Waals surface area contributed by atoms with E-state index in [1.807, 2.05) is 24.6 Å². The van der Waals surface area contributed by atoms with Crippen molar-refractivity contribution in [2.24, 2.45) is 0 Å². The molecular formula is C16H16F2N4O2. The van der Waals surface area contributed by atoms with Crippen molar-refractivity contribution in [3.05, 3.63) is 47.6 Å². The summed E-state index contributed by atoms with van der Waals surface area (Å²) in [4.78, 5) is 0. The Bertz CT molecular complexity index is 829. The predicted octanol–water partition coefficient (Wildman–Crippen LogP) is 3.39. The van der Waals surface area contributed by atoms with E-state index in [1.165, 1.54) is 12.1 Å². The highest BCUT2D eigenvalue weighted by Gasteiger charge is 2.12. The summed E-state index contributed by atoms with van der Waals surface area (Å²) >= 11 is 0. The third kappa shape index (κ3) is 3.76. The van der Waals surface area contributed by atoms with Crippen LogP contribution in [0.5, 0.6) is 5.75 Å². The van der Waals surface area contributed by atoms with Crippen LogP contribution in [-0.2, 0) is 13.0 Å². The maximum Gasteiger partial charge on any atom is 0.387 e. The molecule has 0 unspecified atom stereocenters. The molecule has 0 aliphatic rings. The molecule has 2 aromatic heterocycles. The highest BCUT2D eigenvalue weighted by Crippen LogP contribution is 2.24. The molecule has 126 valence electrons. The van der Waals surface area contributed by atoms with Crippen molar-refractivity contribution in [2.45, 2.75) is 33.4 Å². The lowest BCUT2D eigenvalue weighted by Crippen LogP contribution is -2.05. The van der Waals surface area contributed by atoms with Gasteiger partial charge in [-0.3, -0.25) is 4.68 Å². The van der Waals surface area contributed by atoms with Crippen molar-refractivity contribution in [3.8, 4) is 17.2 Å². The Balaban J connectivity index is 1.70. The molecule has 8 heteroatoms. The smallest absolute Gasteiger partial charge is 0.387 e. The molecule has 0 fully saturated rings. The molecule has 3 rings (SSSR count). The highest BCUT2D eigenvalue weighted by molar-refractivity contribution is 5.55. The Kier molecular flexibility index (Phi) is 4.54. The molecule has 2 heterocycles. The normalized spacial score (nSPS) is 11.2. The van der Waals surface area contributed by atoms with Gasteiger partial charge in [0.2, 0.25) is 11.8 Å². The number of nitrogens with zero attached hydrogens (tertiary/aromatic N) is 4. The SMILES string of the molecule is Cc1cc(C)n(CCc2nnc(-c3cccc(OC(F)F)c3)o2)n1. The van der Waals surface area contributed by atoms with Gasteiger partial charge in [-0.05, 0) is 38.1 Å². The average molecular weight is 334 g/mol. The molecule has 0 aliphatic heterocycles. The van der Waals surface area contributed by atoms with Crippen molar-refractivity contribution in [1.82, 2.24) is 20.0 Å². The van der Waals surface area contributed by atoms with Crippen molar-refractivity contribution in [1.29, 1.82) is 0 Å². The third-order valence-corrected chi connectivity index (χ3v) is 3.41. The number of aromatic nitrogens is 4. The van der Waals surface area contributed by atoms with E-state index < -0.39 is 6.61 Å². The zero-order chi connectivity index (χ0) is 17.1. The molecule has 0 radical (unpaired) electrons. The van der Waals surface area contributed by atoms with Gasteiger partial charge < -0.3 is 9.15 Å². The Morgan fingerprint density at radius 1 is 1.21 bits per heavy atom. The number of halogens is 2. The molecule has 1 aromatic carbocycles. The predicted molar refractivity (Wildman–Crippen MR) is 81.8 cm³/mol. The number of alkyl halides is 2. The van der Waals surface area contributed by atoms with Crippen molar-refractivity contribution in [3.63, 3.8) is 0 Å². The van der Waals surface area contributed by atoms with E-state index in [0.29, 0.717) is 24.4 Å². The van der Waals surface area contributed by atoms with Crippen LogP contribution < -0.4 is 4.74 Å². The molecule has 3 aromatic rings. The first-order chi connectivity index (χ1) is 11.5. The lowest BCUT2D eigenvalue weighted by molar-refractivity contribution is -0.0498. The topological polar surface area (TPSA) is 66.0 Å². The standard InChI is InChI=1S/C16H16F2N4O2/c1-10-8-11(2)22(21-10)7-6-14-19-20-15(24-14)12-4-3-5-13(9-12)23-16(17)18/h3-5,8-9,16H,6-7H2,1-2H3. The van der Waals surface area contributed by atoms with Gasteiger partial charge in [0.25, 0.3) is 0 Å². The van der Waals surface area contributed by atoms with Gasteiger partial charge in [0.1, 0.15) is 5.75 Å². The molecule has 0 saturated heterocycles. The molecule has 0 spiro atoms. The lowest BCUT2D eigenvalue weighted by atomic mass is 10.2. The number of hydrogen-bond acceptors (Lipinski definition) is 5. The van der Waals surface area contributed by atoms with Crippen molar-refractivity contribution in [2.75, 3.05) is 0 Å². The average Bonchev–Trinajstić information content (AvgIpc) is 3.11. The minimum Gasteiger partial charge on any atom is -0.435 e. The fourth-order valence-electron chi connectivity index (χ4n) is 2.38. The fraction of sp³-hybridized carbons (Fsp3) is 0.312. The summed E-state index contributed by atoms with van der Waals surface area (Å²) in [6.07, 6.45) is 0.530. The number of aryl methyl sites for hydroxylation is 4. The van der Waals surface area contributed by atoms with Crippen molar-refractivity contribution < 1.29 is 17.9 Å². The molecule has 0 saturated carbocycles. The second kappa shape index (κ2) is 6.77. The minimum absolute atomic E-state index is 0.0462. The maximum absolute atomic E-state index is 12.3. The zero-order valence-electron chi connectivity index (χ0n) is 13.2. The first-order valence-electron chi connectivity index (χ1n) is 7.40. The summed E-state index contributed by atoms with van der Waals surface area (Å²) in [5.74, 6) is 0.765.